The van der Waals surface area contributed by atoms with Gasteiger partial charge in [-0.3, -0.25) is 37.3 Å². The molecule has 6 atom stereocenters. The van der Waals surface area contributed by atoms with E-state index in [1.165, 1.54) is 180 Å². The van der Waals surface area contributed by atoms with E-state index >= 15 is 0 Å². The van der Waals surface area contributed by atoms with Gasteiger partial charge in [-0.25, -0.2) is 9.13 Å². The van der Waals surface area contributed by atoms with Crippen LogP contribution in [-0.2, 0) is 65.4 Å². The number of aliphatic hydroxyl groups is 1. The van der Waals surface area contributed by atoms with Crippen LogP contribution in [0.15, 0.2) is 0 Å². The minimum absolute atomic E-state index is 0.104. The molecule has 91 heavy (non-hydrogen) atoms. The summed E-state index contributed by atoms with van der Waals surface area (Å²) in [5.41, 5.74) is 0. The third-order valence-corrected chi connectivity index (χ3v) is 19.0. The molecule has 0 saturated heterocycles. The van der Waals surface area contributed by atoms with E-state index in [9.17, 15) is 43.2 Å². The molecule has 0 heterocycles. The van der Waals surface area contributed by atoms with Crippen molar-refractivity contribution in [1.82, 2.24) is 0 Å². The molecule has 0 amide bonds. The maximum atomic E-state index is 13.0. The largest absolute Gasteiger partial charge is 0.472 e. The van der Waals surface area contributed by atoms with Crippen molar-refractivity contribution in [2.24, 2.45) is 11.8 Å². The zero-order valence-corrected chi connectivity index (χ0v) is 60.9. The van der Waals surface area contributed by atoms with E-state index in [2.05, 4.69) is 41.5 Å². The summed E-state index contributed by atoms with van der Waals surface area (Å²) >= 11 is 0. The second kappa shape index (κ2) is 64.1. The molecule has 0 saturated carbocycles. The lowest BCUT2D eigenvalue weighted by atomic mass is 9.99. The molecular formula is C72H140O17P2. The molecule has 0 aromatic carbocycles. The molecule has 0 aliphatic carbocycles. The van der Waals surface area contributed by atoms with E-state index in [0.29, 0.717) is 25.7 Å². The summed E-state index contributed by atoms with van der Waals surface area (Å²) in [7, 11) is -9.90. The summed E-state index contributed by atoms with van der Waals surface area (Å²) in [6, 6.07) is 0. The normalized spacial score (nSPS) is 14.4. The summed E-state index contributed by atoms with van der Waals surface area (Å²) in [5.74, 6) is -0.560. The second-order valence-electron chi connectivity index (χ2n) is 26.7. The molecule has 19 heteroatoms. The lowest BCUT2D eigenvalue weighted by Gasteiger charge is -2.21. The lowest BCUT2D eigenvalue weighted by molar-refractivity contribution is -0.161. The molecule has 0 aliphatic rings. The van der Waals surface area contributed by atoms with E-state index in [1.807, 2.05) is 0 Å². The van der Waals surface area contributed by atoms with Crippen LogP contribution in [0.4, 0.5) is 0 Å². The molecule has 3 N–H and O–H groups in total. The minimum atomic E-state index is -4.95. The molecule has 0 rings (SSSR count). The first-order valence-electron chi connectivity index (χ1n) is 37.5. The summed E-state index contributed by atoms with van der Waals surface area (Å²) in [4.78, 5) is 72.5. The molecule has 0 aromatic heterocycles. The number of rotatable bonds is 71. The van der Waals surface area contributed by atoms with E-state index in [0.717, 1.165) is 108 Å². The third kappa shape index (κ3) is 65.1. The van der Waals surface area contributed by atoms with Gasteiger partial charge in [0.25, 0.3) is 0 Å². The highest BCUT2D eigenvalue weighted by molar-refractivity contribution is 7.47. The minimum Gasteiger partial charge on any atom is -0.462 e. The molecular weight excluding hydrogens is 1200 g/mol. The highest BCUT2D eigenvalue weighted by Gasteiger charge is 2.30. The maximum Gasteiger partial charge on any atom is 0.472 e. The summed E-state index contributed by atoms with van der Waals surface area (Å²) in [6.07, 6.45) is 49.9. The van der Waals surface area contributed by atoms with Crippen LogP contribution in [0.25, 0.3) is 0 Å². The number of hydrogen-bond donors (Lipinski definition) is 3. The predicted molar refractivity (Wildman–Crippen MR) is 368 cm³/mol. The number of carbonyl (C=O) groups is 4. The Morgan fingerprint density at radius 1 is 0.319 bits per heavy atom. The Bertz CT molecular complexity index is 1770. The summed E-state index contributed by atoms with van der Waals surface area (Å²) < 4.78 is 68.3. The number of aliphatic hydroxyl groups excluding tert-OH is 1. The van der Waals surface area contributed by atoms with E-state index in [1.54, 1.807) is 0 Å². The van der Waals surface area contributed by atoms with Crippen LogP contribution in [-0.4, -0.2) is 96.7 Å². The van der Waals surface area contributed by atoms with Gasteiger partial charge in [-0.1, -0.05) is 318 Å². The first-order valence-corrected chi connectivity index (χ1v) is 40.5. The Labute approximate surface area is 556 Å². The first-order chi connectivity index (χ1) is 43.9. The zero-order chi connectivity index (χ0) is 67.2. The van der Waals surface area contributed by atoms with Crippen LogP contribution in [0.1, 0.15) is 369 Å². The van der Waals surface area contributed by atoms with Gasteiger partial charge in [0.2, 0.25) is 0 Å². The van der Waals surface area contributed by atoms with Crippen LogP contribution in [0.5, 0.6) is 0 Å². The fraction of sp³-hybridized carbons (Fsp3) is 0.944. The maximum absolute atomic E-state index is 13.0. The standard InChI is InChI=1S/C72H140O17P2/c1-7-10-12-14-16-18-19-20-24-27-30-37-43-49-55-70(75)83-61-68(88-71(76)56-50-44-38-31-28-25-22-21-23-26-29-35-41-47-53-65(6)9-3)63-87-91(80,81)85-59-66(73)58-84-90(78,79)86-62-67(60-82-69(74)54-48-42-36-17-15-13-11-8-2)89-72(77)57-51-45-39-33-32-34-40-46-52-64(4)5/h64-68,73H,7-63H2,1-6H3,(H,78,79)(H,80,81)/t65?,66-,67+,68+/m0/s1. The number of phosphoric ester groups is 2. The van der Waals surface area contributed by atoms with E-state index < -0.39 is 97.5 Å². The molecule has 0 fully saturated rings. The smallest absolute Gasteiger partial charge is 0.462 e. The summed E-state index contributed by atoms with van der Waals surface area (Å²) in [5, 5.41) is 10.6. The third-order valence-electron chi connectivity index (χ3n) is 17.1. The number of unbranched alkanes of at least 4 members (excludes halogenated alkanes) is 40. The van der Waals surface area contributed by atoms with Crippen molar-refractivity contribution in [2.75, 3.05) is 39.6 Å². The second-order valence-corrected chi connectivity index (χ2v) is 29.6. The molecule has 0 bridgehead atoms. The van der Waals surface area contributed by atoms with Crippen LogP contribution >= 0.6 is 15.6 Å². The van der Waals surface area contributed by atoms with E-state index in [-0.39, 0.29) is 25.7 Å². The number of phosphoric acid groups is 2. The molecule has 0 spiro atoms. The van der Waals surface area contributed by atoms with Crippen molar-refractivity contribution in [3.05, 3.63) is 0 Å². The average molecular weight is 1340 g/mol. The van der Waals surface area contributed by atoms with Gasteiger partial charge in [-0.05, 0) is 37.5 Å². The fourth-order valence-corrected chi connectivity index (χ4v) is 12.5. The predicted octanol–water partition coefficient (Wildman–Crippen LogP) is 20.8. The average Bonchev–Trinajstić information content (AvgIpc) is 3.67. The molecule has 540 valence electrons. The molecule has 3 unspecified atom stereocenters. The van der Waals surface area contributed by atoms with Crippen molar-refractivity contribution < 1.29 is 80.2 Å². The van der Waals surface area contributed by atoms with Crippen molar-refractivity contribution >= 4 is 39.5 Å². The number of hydrogen-bond acceptors (Lipinski definition) is 15. The van der Waals surface area contributed by atoms with Gasteiger partial charge >= 0.3 is 39.5 Å². The highest BCUT2D eigenvalue weighted by Crippen LogP contribution is 2.45. The number of ether oxygens (including phenoxy) is 4. The van der Waals surface area contributed by atoms with Crippen LogP contribution < -0.4 is 0 Å². The van der Waals surface area contributed by atoms with Gasteiger partial charge in [0.1, 0.15) is 19.3 Å². The van der Waals surface area contributed by atoms with Crippen LogP contribution in [0.3, 0.4) is 0 Å². The zero-order valence-electron chi connectivity index (χ0n) is 59.1. The van der Waals surface area contributed by atoms with Gasteiger partial charge in [-0.2, -0.15) is 0 Å². The van der Waals surface area contributed by atoms with E-state index in [4.69, 9.17) is 37.0 Å². The van der Waals surface area contributed by atoms with Crippen molar-refractivity contribution in [2.45, 2.75) is 387 Å². The SMILES string of the molecule is CCCCCCCCCCCCCCCCC(=O)OC[C@H](COP(=O)(O)OC[C@@H](O)COP(=O)(O)OC[C@@H](COC(=O)CCCCCCCCCC)OC(=O)CCCCCCCCCCC(C)C)OC(=O)CCCCCCCCCCCCCCCCC(C)CC. The Kier molecular flexibility index (Phi) is 62.7. The molecule has 0 aromatic rings. The van der Waals surface area contributed by atoms with Crippen LogP contribution in [0.2, 0.25) is 0 Å². The van der Waals surface area contributed by atoms with Gasteiger partial charge in [0.15, 0.2) is 12.2 Å². The fourth-order valence-electron chi connectivity index (χ4n) is 10.9. The van der Waals surface area contributed by atoms with Crippen molar-refractivity contribution in [3.8, 4) is 0 Å². The van der Waals surface area contributed by atoms with Gasteiger partial charge in [-0.15, -0.1) is 0 Å². The van der Waals surface area contributed by atoms with Crippen molar-refractivity contribution in [3.63, 3.8) is 0 Å². The van der Waals surface area contributed by atoms with Gasteiger partial charge in [0.05, 0.1) is 26.4 Å². The Hall–Kier alpha value is -1.94. The Morgan fingerprint density at radius 2 is 0.560 bits per heavy atom. The van der Waals surface area contributed by atoms with Gasteiger partial charge < -0.3 is 33.8 Å². The molecule has 0 radical (unpaired) electrons. The Balaban J connectivity index is 5.21. The number of esters is 4. The molecule has 0 aliphatic heterocycles. The molecule has 17 nitrogen and oxygen atoms in total. The van der Waals surface area contributed by atoms with Crippen LogP contribution in [0, 0.1) is 11.8 Å². The van der Waals surface area contributed by atoms with Gasteiger partial charge in [0, 0.05) is 25.7 Å². The Morgan fingerprint density at radius 3 is 0.835 bits per heavy atom. The first kappa shape index (κ1) is 89.1. The highest BCUT2D eigenvalue weighted by atomic mass is 31.2. The quantitative estimate of drug-likeness (QED) is 0.0222. The van der Waals surface area contributed by atoms with Crippen molar-refractivity contribution in [1.29, 1.82) is 0 Å². The summed E-state index contributed by atoms with van der Waals surface area (Å²) in [6.45, 7) is 9.55. The topological polar surface area (TPSA) is 237 Å². The lowest BCUT2D eigenvalue weighted by Crippen LogP contribution is -2.30. The monoisotopic (exact) mass is 1340 g/mol. The number of carbonyl (C=O) groups excluding carboxylic acids is 4.